The van der Waals surface area contributed by atoms with E-state index < -0.39 is 23.4 Å². The van der Waals surface area contributed by atoms with Crippen LogP contribution in [0, 0.1) is 0 Å². The molecule has 5 rings (SSSR count). The zero-order valence-corrected chi connectivity index (χ0v) is 25.4. The summed E-state index contributed by atoms with van der Waals surface area (Å²) in [5.41, 5.74) is -0.136. The summed E-state index contributed by atoms with van der Waals surface area (Å²) in [6.07, 6.45) is -0.122. The number of likely N-dealkylation sites (tertiary alicyclic amines) is 1. The van der Waals surface area contributed by atoms with E-state index in [0.29, 0.717) is 48.8 Å². The topological polar surface area (TPSA) is 84.7 Å². The third-order valence-corrected chi connectivity index (χ3v) is 8.32. The van der Waals surface area contributed by atoms with E-state index in [1.807, 2.05) is 0 Å². The standard InChI is InChI=1S/C30H30ClF3N4O4S/c1-29(2,3)42-27(40)36-11-4-5-22(10-12-36)38-26(39)25(43-28(38)41)14-18-6-9-24-20(13-18)16-35-37(24)17-19-7-8-21(31)15-23(19)30(32,33)34/h6-9,13-16,22H,4-5,10-12,17H2,1-3H3. The summed E-state index contributed by atoms with van der Waals surface area (Å²) < 4.78 is 47.7. The van der Waals surface area contributed by atoms with Crippen LogP contribution in [-0.4, -0.2) is 61.6 Å². The lowest BCUT2D eigenvalue weighted by atomic mass is 10.1. The van der Waals surface area contributed by atoms with Crippen molar-refractivity contribution >= 4 is 57.6 Å². The van der Waals surface area contributed by atoms with Gasteiger partial charge in [-0.1, -0.05) is 23.7 Å². The Labute approximate surface area is 255 Å². The number of fused-ring (bicyclic) bond motifs is 1. The Kier molecular flexibility index (Phi) is 8.54. The van der Waals surface area contributed by atoms with E-state index in [4.69, 9.17) is 16.3 Å². The maximum absolute atomic E-state index is 13.6. The number of alkyl halides is 3. The number of benzene rings is 2. The molecule has 2 aromatic carbocycles. The van der Waals surface area contributed by atoms with E-state index in [2.05, 4.69) is 5.10 Å². The maximum atomic E-state index is 13.6. The van der Waals surface area contributed by atoms with E-state index in [-0.39, 0.29) is 39.2 Å². The van der Waals surface area contributed by atoms with Crippen LogP contribution in [0.25, 0.3) is 17.0 Å². The van der Waals surface area contributed by atoms with Crippen molar-refractivity contribution < 1.29 is 32.3 Å². The average molecular weight is 635 g/mol. The first kappa shape index (κ1) is 30.9. The van der Waals surface area contributed by atoms with E-state index in [1.165, 1.54) is 21.7 Å². The molecule has 0 spiro atoms. The number of aromatic nitrogens is 2. The molecule has 2 fully saturated rings. The van der Waals surface area contributed by atoms with Gasteiger partial charge < -0.3 is 9.64 Å². The van der Waals surface area contributed by atoms with Gasteiger partial charge in [0, 0.05) is 29.5 Å². The van der Waals surface area contributed by atoms with Gasteiger partial charge in [-0.25, -0.2) is 4.79 Å². The van der Waals surface area contributed by atoms with Crippen LogP contribution in [0.15, 0.2) is 47.5 Å². The fourth-order valence-electron chi connectivity index (χ4n) is 5.23. The van der Waals surface area contributed by atoms with Gasteiger partial charge in [-0.05, 0) is 93.3 Å². The lowest BCUT2D eigenvalue weighted by Crippen LogP contribution is -2.40. The average Bonchev–Trinajstić information content (AvgIpc) is 3.30. The van der Waals surface area contributed by atoms with Gasteiger partial charge in [-0.2, -0.15) is 18.3 Å². The summed E-state index contributed by atoms with van der Waals surface area (Å²) in [7, 11) is 0. The van der Waals surface area contributed by atoms with Gasteiger partial charge in [-0.3, -0.25) is 19.2 Å². The molecule has 0 radical (unpaired) electrons. The molecule has 3 amide bonds. The van der Waals surface area contributed by atoms with Crippen molar-refractivity contribution in [1.82, 2.24) is 19.6 Å². The highest BCUT2D eigenvalue weighted by Crippen LogP contribution is 2.37. The normalized spacial score (nSPS) is 19.4. The van der Waals surface area contributed by atoms with Gasteiger partial charge in [0.2, 0.25) is 0 Å². The Morgan fingerprint density at radius 2 is 1.88 bits per heavy atom. The second-order valence-corrected chi connectivity index (χ2v) is 13.0. The van der Waals surface area contributed by atoms with Gasteiger partial charge in [0.25, 0.3) is 11.1 Å². The van der Waals surface area contributed by atoms with Crippen molar-refractivity contribution in [2.75, 3.05) is 13.1 Å². The predicted molar refractivity (Wildman–Crippen MR) is 159 cm³/mol. The number of amides is 3. The fourth-order valence-corrected chi connectivity index (χ4v) is 6.30. The molecular formula is C30H30ClF3N4O4S. The van der Waals surface area contributed by atoms with Crippen LogP contribution in [-0.2, 0) is 22.3 Å². The van der Waals surface area contributed by atoms with Gasteiger partial charge in [-0.15, -0.1) is 0 Å². The molecule has 0 bridgehead atoms. The smallest absolute Gasteiger partial charge is 0.416 e. The molecule has 0 saturated carbocycles. The Morgan fingerprint density at radius 1 is 1.12 bits per heavy atom. The van der Waals surface area contributed by atoms with Crippen molar-refractivity contribution in [1.29, 1.82) is 0 Å². The number of thioether (sulfide) groups is 1. The minimum atomic E-state index is -4.56. The third kappa shape index (κ3) is 7.01. The lowest BCUT2D eigenvalue weighted by Gasteiger charge is -2.27. The van der Waals surface area contributed by atoms with Crippen LogP contribution >= 0.6 is 23.4 Å². The van der Waals surface area contributed by atoms with Crippen molar-refractivity contribution in [2.45, 2.75) is 64.4 Å². The van der Waals surface area contributed by atoms with Gasteiger partial charge in [0.05, 0.1) is 28.7 Å². The first-order chi connectivity index (χ1) is 20.2. The number of nitrogens with zero attached hydrogens (tertiary/aromatic N) is 4. The molecule has 3 aromatic rings. The first-order valence-electron chi connectivity index (χ1n) is 13.8. The lowest BCUT2D eigenvalue weighted by molar-refractivity contribution is -0.138. The molecule has 1 unspecified atom stereocenters. The van der Waals surface area contributed by atoms with Gasteiger partial charge in [0.1, 0.15) is 5.60 Å². The molecule has 1 aromatic heterocycles. The van der Waals surface area contributed by atoms with E-state index >= 15 is 0 Å². The summed E-state index contributed by atoms with van der Waals surface area (Å²) in [6.45, 7) is 6.16. The van der Waals surface area contributed by atoms with Crippen LogP contribution in [0.2, 0.25) is 5.02 Å². The molecule has 0 aliphatic carbocycles. The van der Waals surface area contributed by atoms with E-state index in [0.717, 1.165) is 17.8 Å². The number of hydrogen-bond donors (Lipinski definition) is 0. The number of ether oxygens (including phenoxy) is 1. The van der Waals surface area contributed by atoms with Crippen molar-refractivity contribution in [3.05, 3.63) is 69.2 Å². The second kappa shape index (κ2) is 11.9. The monoisotopic (exact) mass is 634 g/mol. The molecule has 0 N–H and O–H groups in total. The summed E-state index contributed by atoms with van der Waals surface area (Å²) in [6, 6.07) is 8.54. The zero-order chi connectivity index (χ0) is 31.1. The number of rotatable bonds is 4. The highest BCUT2D eigenvalue weighted by molar-refractivity contribution is 8.18. The number of hydrogen-bond acceptors (Lipinski definition) is 6. The molecule has 2 aliphatic heterocycles. The third-order valence-electron chi connectivity index (χ3n) is 7.20. The largest absolute Gasteiger partial charge is 0.444 e. The molecular weight excluding hydrogens is 605 g/mol. The molecule has 13 heteroatoms. The second-order valence-electron chi connectivity index (χ2n) is 11.5. The van der Waals surface area contributed by atoms with E-state index in [9.17, 15) is 27.6 Å². The number of imide groups is 1. The van der Waals surface area contributed by atoms with Crippen LogP contribution in [0.1, 0.15) is 56.7 Å². The maximum Gasteiger partial charge on any atom is 0.416 e. The molecule has 8 nitrogen and oxygen atoms in total. The summed E-state index contributed by atoms with van der Waals surface area (Å²) in [5, 5.41) is 4.59. The molecule has 228 valence electrons. The zero-order valence-electron chi connectivity index (χ0n) is 23.8. The Balaban J connectivity index is 1.30. The number of halogens is 4. The van der Waals surface area contributed by atoms with Crippen LogP contribution in [0.4, 0.5) is 22.8 Å². The van der Waals surface area contributed by atoms with Crippen molar-refractivity contribution in [3.63, 3.8) is 0 Å². The van der Waals surface area contributed by atoms with Crippen molar-refractivity contribution in [2.24, 2.45) is 0 Å². The Bertz CT molecular complexity index is 1610. The van der Waals surface area contributed by atoms with Crippen LogP contribution in [0.5, 0.6) is 0 Å². The van der Waals surface area contributed by atoms with Crippen LogP contribution < -0.4 is 0 Å². The number of carbonyl (C=O) groups is 3. The predicted octanol–water partition coefficient (Wildman–Crippen LogP) is 7.58. The first-order valence-corrected chi connectivity index (χ1v) is 15.0. The van der Waals surface area contributed by atoms with Crippen LogP contribution in [0.3, 0.4) is 0 Å². The molecule has 3 heterocycles. The summed E-state index contributed by atoms with van der Waals surface area (Å²) >= 11 is 6.67. The summed E-state index contributed by atoms with van der Waals surface area (Å²) in [4.78, 5) is 42.0. The minimum Gasteiger partial charge on any atom is -0.444 e. The molecule has 1 atom stereocenters. The fraction of sp³-hybridized carbons (Fsp3) is 0.400. The molecule has 2 aliphatic rings. The molecule has 2 saturated heterocycles. The summed E-state index contributed by atoms with van der Waals surface area (Å²) in [5.74, 6) is -0.385. The Hall–Kier alpha value is -3.51. The minimum absolute atomic E-state index is 0.00253. The highest BCUT2D eigenvalue weighted by atomic mass is 35.5. The van der Waals surface area contributed by atoms with Gasteiger partial charge >= 0.3 is 12.3 Å². The van der Waals surface area contributed by atoms with E-state index in [1.54, 1.807) is 56.1 Å². The molecule has 43 heavy (non-hydrogen) atoms. The van der Waals surface area contributed by atoms with Gasteiger partial charge in [0.15, 0.2) is 0 Å². The Morgan fingerprint density at radius 3 is 2.60 bits per heavy atom. The number of carbonyl (C=O) groups excluding carboxylic acids is 3. The quantitative estimate of drug-likeness (QED) is 0.275. The SMILES string of the molecule is CC(C)(C)OC(=O)N1CCCC(N2C(=O)SC(=Cc3ccc4c(cnn4Cc4ccc(Cl)cc4C(F)(F)F)c3)C2=O)CC1. The van der Waals surface area contributed by atoms with Crippen molar-refractivity contribution in [3.8, 4) is 0 Å². The highest BCUT2D eigenvalue weighted by Gasteiger charge is 2.41.